The van der Waals surface area contributed by atoms with Gasteiger partial charge in [0.15, 0.2) is 17.5 Å². The molecule has 0 amide bonds. The molecule has 0 spiro atoms. The highest BCUT2D eigenvalue weighted by molar-refractivity contribution is 5.77. The second-order valence-electron chi connectivity index (χ2n) is 5.09. The normalized spacial score (nSPS) is 17.1. The molecule has 0 bridgehead atoms. The Balaban J connectivity index is 2.22. The number of halogens is 3. The summed E-state index contributed by atoms with van der Waals surface area (Å²) in [6, 6.07) is 3.02. The molecule has 1 aliphatic heterocycles. The Morgan fingerprint density at radius 2 is 1.77 bits per heavy atom. The molecule has 114 valence electrons. The van der Waals surface area contributed by atoms with Crippen LogP contribution in [0.25, 0.3) is 0 Å². The van der Waals surface area contributed by atoms with Crippen molar-refractivity contribution in [3.63, 3.8) is 0 Å². The highest BCUT2D eigenvalue weighted by Crippen LogP contribution is 2.37. The van der Waals surface area contributed by atoms with Gasteiger partial charge in [-0.1, -0.05) is 0 Å². The summed E-state index contributed by atoms with van der Waals surface area (Å²) in [5, 5.41) is 0. The monoisotopic (exact) mass is 309 g/mol. The first kappa shape index (κ1) is 14.4. The summed E-state index contributed by atoms with van der Waals surface area (Å²) in [4.78, 5) is 26.3. The Kier molecular flexibility index (Phi) is 3.27. The van der Waals surface area contributed by atoms with Crippen LogP contribution in [0.2, 0.25) is 0 Å². The van der Waals surface area contributed by atoms with Crippen LogP contribution < -0.4 is 10.3 Å². The van der Waals surface area contributed by atoms with Gasteiger partial charge in [0.05, 0.1) is 12.0 Å². The molecule has 0 radical (unpaired) electrons. The lowest BCUT2D eigenvalue weighted by molar-refractivity contribution is -0.135. The number of H-pyrrole nitrogens is 1. The van der Waals surface area contributed by atoms with E-state index < -0.39 is 34.9 Å². The van der Waals surface area contributed by atoms with Crippen molar-refractivity contribution >= 4 is 5.97 Å². The van der Waals surface area contributed by atoms with Gasteiger partial charge in [-0.15, -0.1) is 0 Å². The third-order valence-electron chi connectivity index (χ3n) is 3.52. The fourth-order valence-electron chi connectivity index (χ4n) is 2.58. The lowest BCUT2D eigenvalue weighted by atomic mass is 9.87. The average Bonchev–Trinajstić information content (AvgIpc) is 2.42. The number of aromatic amines is 1. The Morgan fingerprint density at radius 3 is 2.41 bits per heavy atom. The molecule has 7 heteroatoms. The SMILES string of the molecule is Cc1cc2c(c(=O)[nH]1)[C@@H](c1cc(F)c(F)c(F)c1)CC(=O)O2. The minimum Gasteiger partial charge on any atom is -0.426 e. The van der Waals surface area contributed by atoms with Gasteiger partial charge >= 0.3 is 5.97 Å². The van der Waals surface area contributed by atoms with Crippen molar-refractivity contribution < 1.29 is 22.7 Å². The van der Waals surface area contributed by atoms with Gasteiger partial charge in [0.1, 0.15) is 5.75 Å². The van der Waals surface area contributed by atoms with Gasteiger partial charge in [0.25, 0.3) is 5.56 Å². The van der Waals surface area contributed by atoms with E-state index in [0.29, 0.717) is 5.69 Å². The Bertz CT molecular complexity index is 821. The van der Waals surface area contributed by atoms with Gasteiger partial charge in [-0.25, -0.2) is 13.2 Å². The van der Waals surface area contributed by atoms with Crippen LogP contribution in [0, 0.1) is 24.4 Å². The standard InChI is InChI=1S/C15H10F3NO3/c1-6-2-11-13(15(21)19-6)8(5-12(20)22-11)7-3-9(16)14(18)10(17)4-7/h2-4,8H,5H2,1H3,(H,19,21)/t8-/m1/s1. The van der Waals surface area contributed by atoms with E-state index in [9.17, 15) is 22.8 Å². The molecule has 1 atom stereocenters. The number of nitrogens with one attached hydrogen (secondary N) is 1. The molecule has 0 fully saturated rings. The van der Waals surface area contributed by atoms with Crippen molar-refractivity contribution in [2.24, 2.45) is 0 Å². The third-order valence-corrected chi connectivity index (χ3v) is 3.52. The minimum absolute atomic E-state index is 0.00338. The first-order valence-corrected chi connectivity index (χ1v) is 6.45. The van der Waals surface area contributed by atoms with Crippen LogP contribution in [0.3, 0.4) is 0 Å². The largest absolute Gasteiger partial charge is 0.426 e. The number of fused-ring (bicyclic) bond motifs is 1. The molecule has 22 heavy (non-hydrogen) atoms. The predicted molar refractivity (Wildman–Crippen MR) is 70.2 cm³/mol. The molecule has 1 aromatic heterocycles. The number of rotatable bonds is 1. The molecular formula is C15H10F3NO3. The number of esters is 1. The zero-order valence-corrected chi connectivity index (χ0v) is 11.4. The van der Waals surface area contributed by atoms with Crippen LogP contribution in [0.4, 0.5) is 13.2 Å². The number of aromatic nitrogens is 1. The van der Waals surface area contributed by atoms with Gasteiger partial charge in [0.2, 0.25) is 0 Å². The van der Waals surface area contributed by atoms with Crippen LogP contribution in [-0.4, -0.2) is 11.0 Å². The van der Waals surface area contributed by atoms with Crippen LogP contribution in [0.1, 0.15) is 29.2 Å². The number of hydrogen-bond acceptors (Lipinski definition) is 3. The highest BCUT2D eigenvalue weighted by atomic mass is 19.2. The molecule has 1 aliphatic rings. The van der Waals surface area contributed by atoms with E-state index in [1.807, 2.05) is 0 Å². The zero-order chi connectivity index (χ0) is 16.0. The van der Waals surface area contributed by atoms with Gasteiger partial charge in [-0.3, -0.25) is 9.59 Å². The summed E-state index contributed by atoms with van der Waals surface area (Å²) in [6.07, 6.45) is -0.260. The van der Waals surface area contributed by atoms with E-state index in [-0.39, 0.29) is 23.3 Å². The Morgan fingerprint density at radius 1 is 1.14 bits per heavy atom. The summed E-state index contributed by atoms with van der Waals surface area (Å²) < 4.78 is 44.9. The number of benzene rings is 1. The summed E-state index contributed by atoms with van der Waals surface area (Å²) in [7, 11) is 0. The topological polar surface area (TPSA) is 59.2 Å². The van der Waals surface area contributed by atoms with E-state index in [4.69, 9.17) is 4.74 Å². The number of pyridine rings is 1. The highest BCUT2D eigenvalue weighted by Gasteiger charge is 2.32. The molecule has 1 aromatic carbocycles. The average molecular weight is 309 g/mol. The molecule has 0 aliphatic carbocycles. The van der Waals surface area contributed by atoms with Gasteiger partial charge in [-0.2, -0.15) is 0 Å². The molecule has 2 heterocycles. The number of hydrogen-bond donors (Lipinski definition) is 1. The molecule has 3 rings (SSSR count). The van der Waals surface area contributed by atoms with Gasteiger partial charge in [0, 0.05) is 17.7 Å². The van der Waals surface area contributed by atoms with E-state index >= 15 is 0 Å². The maximum Gasteiger partial charge on any atom is 0.312 e. The van der Waals surface area contributed by atoms with E-state index in [1.54, 1.807) is 6.92 Å². The summed E-state index contributed by atoms with van der Waals surface area (Å²) >= 11 is 0. The number of ether oxygens (including phenoxy) is 1. The number of carbonyl (C=O) groups excluding carboxylic acids is 1. The van der Waals surface area contributed by atoms with E-state index in [1.165, 1.54) is 6.07 Å². The molecular weight excluding hydrogens is 299 g/mol. The van der Waals surface area contributed by atoms with Crippen molar-refractivity contribution in [2.75, 3.05) is 0 Å². The first-order valence-electron chi connectivity index (χ1n) is 6.45. The Labute approximate surface area is 122 Å². The predicted octanol–water partition coefficient (Wildman–Crippen LogP) is 2.54. The third kappa shape index (κ3) is 2.28. The molecule has 0 saturated carbocycles. The fraction of sp³-hybridized carbons (Fsp3) is 0.200. The molecule has 1 N–H and O–H groups in total. The molecule has 0 unspecified atom stereocenters. The zero-order valence-electron chi connectivity index (χ0n) is 11.4. The van der Waals surface area contributed by atoms with Crippen LogP contribution in [0.15, 0.2) is 23.0 Å². The second-order valence-corrected chi connectivity index (χ2v) is 5.09. The maximum atomic E-state index is 13.4. The van der Waals surface area contributed by atoms with Crippen LogP contribution in [-0.2, 0) is 4.79 Å². The lowest BCUT2D eigenvalue weighted by Crippen LogP contribution is -2.28. The maximum absolute atomic E-state index is 13.4. The summed E-state index contributed by atoms with van der Waals surface area (Å²) in [5.41, 5.74) is 0.0607. The second kappa shape index (κ2) is 5.01. The number of aryl methyl sites for hydroxylation is 1. The smallest absolute Gasteiger partial charge is 0.312 e. The van der Waals surface area contributed by atoms with Gasteiger partial charge < -0.3 is 9.72 Å². The van der Waals surface area contributed by atoms with Crippen molar-refractivity contribution in [2.45, 2.75) is 19.3 Å². The van der Waals surface area contributed by atoms with Crippen molar-refractivity contribution in [3.05, 3.63) is 62.8 Å². The van der Waals surface area contributed by atoms with Crippen molar-refractivity contribution in [1.82, 2.24) is 4.98 Å². The van der Waals surface area contributed by atoms with Crippen molar-refractivity contribution in [1.29, 1.82) is 0 Å². The van der Waals surface area contributed by atoms with Crippen LogP contribution in [0.5, 0.6) is 5.75 Å². The summed E-state index contributed by atoms with van der Waals surface area (Å²) in [6.45, 7) is 1.61. The number of carbonyl (C=O) groups is 1. The van der Waals surface area contributed by atoms with Crippen LogP contribution >= 0.6 is 0 Å². The van der Waals surface area contributed by atoms with E-state index in [0.717, 1.165) is 12.1 Å². The molecule has 2 aromatic rings. The van der Waals surface area contributed by atoms with Gasteiger partial charge in [-0.05, 0) is 24.6 Å². The quantitative estimate of drug-likeness (QED) is 0.650. The Hall–Kier alpha value is -2.57. The minimum atomic E-state index is -1.60. The molecule has 0 saturated heterocycles. The lowest BCUT2D eigenvalue weighted by Gasteiger charge is -2.24. The van der Waals surface area contributed by atoms with Crippen molar-refractivity contribution in [3.8, 4) is 5.75 Å². The first-order chi connectivity index (χ1) is 10.4. The summed E-state index contributed by atoms with van der Waals surface area (Å²) in [5.74, 6) is -5.83. The molecule has 4 nitrogen and oxygen atoms in total. The fourth-order valence-corrected chi connectivity index (χ4v) is 2.58. The van der Waals surface area contributed by atoms with E-state index in [2.05, 4.69) is 4.98 Å².